The first kappa shape index (κ1) is 18.7. The van der Waals surface area contributed by atoms with Crippen molar-refractivity contribution in [3.8, 4) is 0 Å². The van der Waals surface area contributed by atoms with Crippen LogP contribution in [0, 0.1) is 5.92 Å². The molecule has 6 nitrogen and oxygen atoms in total. The molecule has 1 aromatic rings. The molecule has 0 aliphatic carbocycles. The minimum atomic E-state index is 0.0785. The van der Waals surface area contributed by atoms with Gasteiger partial charge in [0.25, 0.3) is 0 Å². The maximum Gasteiger partial charge on any atom is 0.227 e. The third kappa shape index (κ3) is 3.96. The lowest BCUT2D eigenvalue weighted by Crippen LogP contribution is -2.54. The molecule has 148 valence electrons. The largest absolute Gasteiger partial charge is 0.341 e. The van der Waals surface area contributed by atoms with E-state index in [0.717, 1.165) is 51.4 Å². The van der Waals surface area contributed by atoms with E-state index in [0.29, 0.717) is 24.0 Å². The van der Waals surface area contributed by atoms with Crippen molar-refractivity contribution < 1.29 is 4.79 Å². The number of hydrogen-bond donors (Lipinski definition) is 0. The van der Waals surface area contributed by atoms with E-state index < -0.39 is 0 Å². The van der Waals surface area contributed by atoms with Gasteiger partial charge >= 0.3 is 0 Å². The molecule has 3 fully saturated rings. The third-order valence-electron chi connectivity index (χ3n) is 6.76. The summed E-state index contributed by atoms with van der Waals surface area (Å²) in [5.41, 5.74) is 0. The highest BCUT2D eigenvalue weighted by atomic mass is 16.2. The molecule has 3 aliphatic rings. The molecule has 0 radical (unpaired) electrons. The monoisotopic (exact) mass is 371 g/mol. The first-order chi connectivity index (χ1) is 13.1. The van der Waals surface area contributed by atoms with Gasteiger partial charge in [0, 0.05) is 56.7 Å². The molecule has 0 N–H and O–H groups in total. The van der Waals surface area contributed by atoms with Crippen LogP contribution in [-0.4, -0.2) is 70.0 Å². The average Bonchev–Trinajstić information content (AvgIpc) is 3.06. The number of piperidine rings is 2. The summed E-state index contributed by atoms with van der Waals surface area (Å²) >= 11 is 0. The molecule has 4 heterocycles. The second-order valence-electron chi connectivity index (χ2n) is 8.64. The predicted molar refractivity (Wildman–Crippen MR) is 107 cm³/mol. The van der Waals surface area contributed by atoms with Crippen molar-refractivity contribution >= 4 is 11.9 Å². The van der Waals surface area contributed by atoms with Crippen molar-refractivity contribution in [2.24, 2.45) is 5.92 Å². The van der Waals surface area contributed by atoms with Gasteiger partial charge < -0.3 is 9.80 Å². The SMILES string of the molecule is CC1CCC(C)N1C1CCCN(C(=O)C2CCCN(c3ncccn3)C2)C1. The third-order valence-corrected chi connectivity index (χ3v) is 6.76. The van der Waals surface area contributed by atoms with Crippen molar-refractivity contribution in [2.75, 3.05) is 31.1 Å². The van der Waals surface area contributed by atoms with Gasteiger partial charge in [0.15, 0.2) is 0 Å². The maximum absolute atomic E-state index is 13.3. The Hall–Kier alpha value is -1.69. The van der Waals surface area contributed by atoms with Gasteiger partial charge in [0.2, 0.25) is 11.9 Å². The van der Waals surface area contributed by atoms with Crippen molar-refractivity contribution in [2.45, 2.75) is 70.5 Å². The lowest BCUT2D eigenvalue weighted by atomic mass is 9.94. The van der Waals surface area contributed by atoms with E-state index in [9.17, 15) is 4.79 Å². The lowest BCUT2D eigenvalue weighted by Gasteiger charge is -2.43. The molecule has 0 spiro atoms. The van der Waals surface area contributed by atoms with Gasteiger partial charge in [0.1, 0.15) is 0 Å². The minimum Gasteiger partial charge on any atom is -0.341 e. The topological polar surface area (TPSA) is 52.6 Å². The Morgan fingerprint density at radius 3 is 2.41 bits per heavy atom. The Kier molecular flexibility index (Phi) is 5.62. The highest BCUT2D eigenvalue weighted by Gasteiger charge is 2.38. The van der Waals surface area contributed by atoms with E-state index in [1.165, 1.54) is 19.3 Å². The second-order valence-corrected chi connectivity index (χ2v) is 8.64. The molecule has 0 aromatic carbocycles. The summed E-state index contributed by atoms with van der Waals surface area (Å²) < 4.78 is 0. The first-order valence-corrected chi connectivity index (χ1v) is 10.7. The number of likely N-dealkylation sites (tertiary alicyclic amines) is 2. The van der Waals surface area contributed by atoms with Gasteiger partial charge in [-0.1, -0.05) is 0 Å². The van der Waals surface area contributed by atoms with Gasteiger partial charge in [0.05, 0.1) is 5.92 Å². The van der Waals surface area contributed by atoms with Crippen molar-refractivity contribution in [1.82, 2.24) is 19.8 Å². The molecule has 0 saturated carbocycles. The maximum atomic E-state index is 13.3. The summed E-state index contributed by atoms with van der Waals surface area (Å²) in [6.07, 6.45) is 10.5. The number of carbonyl (C=O) groups is 1. The fraction of sp³-hybridized carbons (Fsp3) is 0.762. The van der Waals surface area contributed by atoms with Crippen molar-refractivity contribution in [1.29, 1.82) is 0 Å². The number of amides is 1. The molecule has 3 saturated heterocycles. The Morgan fingerprint density at radius 1 is 0.963 bits per heavy atom. The van der Waals surface area contributed by atoms with Crippen LogP contribution in [0.1, 0.15) is 52.4 Å². The summed E-state index contributed by atoms with van der Waals surface area (Å²) in [4.78, 5) is 29.1. The zero-order chi connectivity index (χ0) is 18.8. The van der Waals surface area contributed by atoms with Crippen LogP contribution in [0.15, 0.2) is 18.5 Å². The van der Waals surface area contributed by atoms with E-state index in [4.69, 9.17) is 0 Å². The molecule has 1 amide bonds. The van der Waals surface area contributed by atoms with Crippen LogP contribution in [-0.2, 0) is 4.79 Å². The average molecular weight is 372 g/mol. The fourth-order valence-corrected chi connectivity index (χ4v) is 5.41. The van der Waals surface area contributed by atoms with Gasteiger partial charge in [-0.3, -0.25) is 9.69 Å². The van der Waals surface area contributed by atoms with E-state index in [1.54, 1.807) is 12.4 Å². The van der Waals surface area contributed by atoms with Crippen LogP contribution in [0.2, 0.25) is 0 Å². The summed E-state index contributed by atoms with van der Waals surface area (Å²) in [5, 5.41) is 0. The zero-order valence-electron chi connectivity index (χ0n) is 16.8. The van der Waals surface area contributed by atoms with Crippen LogP contribution in [0.3, 0.4) is 0 Å². The summed E-state index contributed by atoms with van der Waals surface area (Å²) in [6, 6.07) is 3.68. The highest BCUT2D eigenvalue weighted by molar-refractivity contribution is 5.79. The number of hydrogen-bond acceptors (Lipinski definition) is 5. The van der Waals surface area contributed by atoms with Gasteiger partial charge in [-0.05, 0) is 58.4 Å². The van der Waals surface area contributed by atoms with Gasteiger partial charge in [-0.25, -0.2) is 9.97 Å². The Bertz CT molecular complexity index is 629. The number of aromatic nitrogens is 2. The second kappa shape index (κ2) is 8.13. The molecule has 3 aliphatic heterocycles. The lowest BCUT2D eigenvalue weighted by molar-refractivity contribution is -0.138. The Labute approximate surface area is 162 Å². The number of rotatable bonds is 3. The Morgan fingerprint density at radius 2 is 1.67 bits per heavy atom. The van der Waals surface area contributed by atoms with Crippen LogP contribution in [0.25, 0.3) is 0 Å². The number of anilines is 1. The smallest absolute Gasteiger partial charge is 0.227 e. The van der Waals surface area contributed by atoms with Crippen LogP contribution in [0.5, 0.6) is 0 Å². The number of carbonyl (C=O) groups excluding carboxylic acids is 1. The molecule has 0 bridgehead atoms. The molecular formula is C21H33N5O. The van der Waals surface area contributed by atoms with E-state index >= 15 is 0 Å². The highest BCUT2D eigenvalue weighted by Crippen LogP contribution is 2.31. The summed E-state index contributed by atoms with van der Waals surface area (Å²) in [5.74, 6) is 1.18. The quantitative estimate of drug-likeness (QED) is 0.817. The summed E-state index contributed by atoms with van der Waals surface area (Å²) in [7, 11) is 0. The molecular weight excluding hydrogens is 338 g/mol. The molecule has 4 rings (SSSR count). The van der Waals surface area contributed by atoms with E-state index in [-0.39, 0.29) is 5.92 Å². The molecule has 1 aromatic heterocycles. The summed E-state index contributed by atoms with van der Waals surface area (Å²) in [6.45, 7) is 8.22. The van der Waals surface area contributed by atoms with E-state index in [2.05, 4.69) is 38.5 Å². The first-order valence-electron chi connectivity index (χ1n) is 10.7. The van der Waals surface area contributed by atoms with E-state index in [1.807, 2.05) is 6.07 Å². The number of nitrogens with zero attached hydrogens (tertiary/aromatic N) is 5. The molecule has 4 unspecified atom stereocenters. The Balaban J connectivity index is 1.40. The van der Waals surface area contributed by atoms with Crippen LogP contribution < -0.4 is 4.90 Å². The predicted octanol–water partition coefficient (Wildman–Crippen LogP) is 2.56. The molecule has 27 heavy (non-hydrogen) atoms. The fourth-order valence-electron chi connectivity index (χ4n) is 5.41. The normalized spacial score (nSPS) is 32.7. The standard InChI is InChI=1S/C21H33N5O/c1-16-8-9-17(2)26(16)19-7-4-12-24(15-19)20(27)18-6-3-13-25(14-18)21-22-10-5-11-23-21/h5,10-11,16-19H,3-4,6-9,12-15H2,1-2H3. The minimum absolute atomic E-state index is 0.0785. The molecule has 6 heteroatoms. The van der Waals surface area contributed by atoms with Crippen molar-refractivity contribution in [3.05, 3.63) is 18.5 Å². The van der Waals surface area contributed by atoms with Gasteiger partial charge in [-0.15, -0.1) is 0 Å². The van der Waals surface area contributed by atoms with Crippen LogP contribution in [0.4, 0.5) is 5.95 Å². The van der Waals surface area contributed by atoms with Gasteiger partial charge in [-0.2, -0.15) is 0 Å². The zero-order valence-corrected chi connectivity index (χ0v) is 16.8. The van der Waals surface area contributed by atoms with Crippen LogP contribution >= 0.6 is 0 Å². The van der Waals surface area contributed by atoms with Crippen molar-refractivity contribution in [3.63, 3.8) is 0 Å². The molecule has 4 atom stereocenters.